The number of amides is 1. The molecule has 2 aliphatic carbocycles. The Balaban J connectivity index is 1.56. The zero-order valence-electron chi connectivity index (χ0n) is 17.9. The lowest BCUT2D eigenvalue weighted by atomic mass is 9.62. The van der Waals surface area contributed by atoms with Crippen LogP contribution in [-0.2, 0) is 4.79 Å². The first-order valence-electron chi connectivity index (χ1n) is 11.3. The van der Waals surface area contributed by atoms with Gasteiger partial charge in [0.2, 0.25) is 5.91 Å². The number of allylic oxidation sites excluding steroid dienone is 3. The fourth-order valence-electron chi connectivity index (χ4n) is 5.33. The third kappa shape index (κ3) is 4.16. The fourth-order valence-corrected chi connectivity index (χ4v) is 6.25. The number of hydrogen-bond donors (Lipinski definition) is 2. The van der Waals surface area contributed by atoms with E-state index in [1.165, 1.54) is 61.6 Å². The van der Waals surface area contributed by atoms with Crippen LogP contribution in [-0.4, -0.2) is 11.7 Å². The Kier molecular flexibility index (Phi) is 6.53. The van der Waals surface area contributed by atoms with E-state index in [1.54, 1.807) is 0 Å². The number of carbonyl (C=O) groups is 1. The molecule has 30 heavy (non-hydrogen) atoms. The third-order valence-electron chi connectivity index (χ3n) is 6.85. The summed E-state index contributed by atoms with van der Waals surface area (Å²) >= 11 is 1.49. The molecule has 1 amide bonds. The van der Waals surface area contributed by atoms with E-state index in [0.717, 1.165) is 47.5 Å². The number of nitrogens with one attached hydrogen (secondary N) is 2. The van der Waals surface area contributed by atoms with Crippen LogP contribution in [0.1, 0.15) is 69.8 Å². The van der Waals surface area contributed by atoms with Crippen LogP contribution < -0.4 is 10.6 Å². The molecule has 1 spiro atoms. The molecular formula is C25H31N3OS. The molecule has 0 bridgehead atoms. The molecule has 0 radical (unpaired) electrons. The summed E-state index contributed by atoms with van der Waals surface area (Å²) in [4.78, 5) is 12.6. The van der Waals surface area contributed by atoms with Crippen molar-refractivity contribution in [2.75, 3.05) is 11.1 Å². The first kappa shape index (κ1) is 21.1. The quantitative estimate of drug-likeness (QED) is 0.610. The number of aryl methyl sites for hydroxylation is 1. The summed E-state index contributed by atoms with van der Waals surface area (Å²) < 4.78 is 0. The molecule has 3 aliphatic rings. The highest BCUT2D eigenvalue weighted by atomic mass is 32.2. The molecule has 158 valence electrons. The molecule has 1 heterocycles. The van der Waals surface area contributed by atoms with Crippen LogP contribution in [0.3, 0.4) is 0 Å². The molecule has 4 rings (SSSR count). The van der Waals surface area contributed by atoms with Crippen LogP contribution in [0, 0.1) is 23.7 Å². The van der Waals surface area contributed by atoms with Crippen molar-refractivity contribution in [2.24, 2.45) is 5.41 Å². The van der Waals surface area contributed by atoms with Crippen molar-refractivity contribution in [3.8, 4) is 6.07 Å². The molecule has 1 fully saturated rings. The van der Waals surface area contributed by atoms with E-state index in [0.29, 0.717) is 5.75 Å². The zero-order valence-corrected chi connectivity index (χ0v) is 18.7. The number of dihydropyridines is 1. The van der Waals surface area contributed by atoms with Crippen molar-refractivity contribution in [3.63, 3.8) is 0 Å². The number of fused-ring (bicyclic) bond motifs is 1. The maximum atomic E-state index is 12.6. The molecule has 4 nitrogen and oxygen atoms in total. The first-order valence-corrected chi connectivity index (χ1v) is 12.3. The predicted molar refractivity (Wildman–Crippen MR) is 124 cm³/mol. The summed E-state index contributed by atoms with van der Waals surface area (Å²) in [5.74, 6) is 0.278. The van der Waals surface area contributed by atoms with Crippen LogP contribution in [0.5, 0.6) is 0 Å². The van der Waals surface area contributed by atoms with Crippen LogP contribution in [0.25, 0.3) is 0 Å². The minimum Gasteiger partial charge on any atom is -0.353 e. The van der Waals surface area contributed by atoms with Crippen molar-refractivity contribution in [1.29, 1.82) is 5.26 Å². The molecule has 1 aromatic rings. The van der Waals surface area contributed by atoms with Gasteiger partial charge in [-0.3, -0.25) is 4.79 Å². The summed E-state index contributed by atoms with van der Waals surface area (Å²) in [6.45, 7) is 1.99. The molecule has 0 aromatic heterocycles. The number of thioether (sulfide) groups is 1. The smallest absolute Gasteiger partial charge is 0.234 e. The van der Waals surface area contributed by atoms with Gasteiger partial charge in [0.1, 0.15) is 0 Å². The second-order valence-electron chi connectivity index (χ2n) is 8.75. The number of hydrogen-bond acceptors (Lipinski definition) is 4. The zero-order chi connectivity index (χ0) is 21.0. The van der Waals surface area contributed by atoms with E-state index in [2.05, 4.69) is 16.7 Å². The normalized spacial score (nSPS) is 20.8. The number of rotatable bonds is 4. The lowest BCUT2D eigenvalue weighted by molar-refractivity contribution is -0.113. The maximum absolute atomic E-state index is 12.6. The topological polar surface area (TPSA) is 64.9 Å². The molecule has 2 N–H and O–H groups in total. The van der Waals surface area contributed by atoms with Crippen LogP contribution in [0.15, 0.2) is 46.1 Å². The molecule has 1 saturated carbocycles. The van der Waals surface area contributed by atoms with E-state index in [-0.39, 0.29) is 11.3 Å². The van der Waals surface area contributed by atoms with Gasteiger partial charge >= 0.3 is 0 Å². The second kappa shape index (κ2) is 9.31. The van der Waals surface area contributed by atoms with Gasteiger partial charge in [-0.15, -0.1) is 0 Å². The van der Waals surface area contributed by atoms with Crippen molar-refractivity contribution < 1.29 is 4.79 Å². The SMILES string of the molecule is Cc1ccccc1NC(=O)CSC1=C(C#N)C2(CCCCC2)C2=C(CCCCC2)N1. The summed E-state index contributed by atoms with van der Waals surface area (Å²) in [6.07, 6.45) is 11.7. The van der Waals surface area contributed by atoms with Gasteiger partial charge in [0.05, 0.1) is 22.4 Å². The highest BCUT2D eigenvalue weighted by molar-refractivity contribution is 8.03. The van der Waals surface area contributed by atoms with Gasteiger partial charge in [0.25, 0.3) is 0 Å². The molecule has 0 unspecified atom stereocenters. The molecule has 0 saturated heterocycles. The van der Waals surface area contributed by atoms with Crippen LogP contribution in [0.4, 0.5) is 5.69 Å². The van der Waals surface area contributed by atoms with Crippen LogP contribution in [0.2, 0.25) is 0 Å². The highest BCUT2D eigenvalue weighted by Gasteiger charge is 2.45. The number of carbonyl (C=O) groups excluding carboxylic acids is 1. The Morgan fingerprint density at radius 2 is 1.87 bits per heavy atom. The Labute approximate surface area is 184 Å². The minimum absolute atomic E-state index is 0.0285. The lowest BCUT2D eigenvalue weighted by Gasteiger charge is -2.44. The van der Waals surface area contributed by atoms with Crippen molar-refractivity contribution in [3.05, 3.63) is 51.7 Å². The molecule has 1 aliphatic heterocycles. The number of nitriles is 1. The largest absolute Gasteiger partial charge is 0.353 e. The lowest BCUT2D eigenvalue weighted by Crippen LogP contribution is -2.37. The molecule has 5 heteroatoms. The van der Waals surface area contributed by atoms with Crippen LogP contribution >= 0.6 is 11.8 Å². The summed E-state index contributed by atoms with van der Waals surface area (Å²) in [5, 5.41) is 17.7. The molecule has 1 aromatic carbocycles. The van der Waals surface area contributed by atoms with Gasteiger partial charge in [-0.05, 0) is 62.7 Å². The third-order valence-corrected chi connectivity index (χ3v) is 7.85. The standard InChI is InChI=1S/C25H31N3OS/c1-18-10-6-7-12-21(18)27-23(29)17-30-24-20(16-26)25(14-8-3-9-15-25)19-11-4-2-5-13-22(19)28-24/h6-7,10,12,28H,2-5,8-9,11,13-15,17H2,1H3,(H,27,29). The molecular weight excluding hydrogens is 390 g/mol. The molecule has 0 atom stereocenters. The van der Waals surface area contributed by atoms with Crippen molar-refractivity contribution >= 4 is 23.4 Å². The van der Waals surface area contributed by atoms with E-state index in [4.69, 9.17) is 0 Å². The van der Waals surface area contributed by atoms with Crippen molar-refractivity contribution in [2.45, 2.75) is 71.1 Å². The van der Waals surface area contributed by atoms with E-state index in [1.807, 2.05) is 31.2 Å². The van der Waals surface area contributed by atoms with Crippen molar-refractivity contribution in [1.82, 2.24) is 5.32 Å². The van der Waals surface area contributed by atoms with E-state index >= 15 is 0 Å². The first-order chi connectivity index (χ1) is 14.6. The summed E-state index contributed by atoms with van der Waals surface area (Å²) in [6, 6.07) is 10.4. The number of nitrogens with zero attached hydrogens (tertiary/aromatic N) is 1. The number of para-hydroxylation sites is 1. The Morgan fingerprint density at radius 3 is 2.63 bits per heavy atom. The predicted octanol–water partition coefficient (Wildman–Crippen LogP) is 6.17. The Hall–Kier alpha value is -2.19. The maximum Gasteiger partial charge on any atom is 0.234 e. The van der Waals surface area contributed by atoms with Gasteiger partial charge in [0, 0.05) is 16.8 Å². The number of anilines is 1. The summed E-state index contributed by atoms with van der Waals surface area (Å²) in [7, 11) is 0. The van der Waals surface area contributed by atoms with Gasteiger partial charge < -0.3 is 10.6 Å². The minimum atomic E-state index is -0.0905. The van der Waals surface area contributed by atoms with Gasteiger partial charge in [-0.2, -0.15) is 5.26 Å². The summed E-state index contributed by atoms with van der Waals surface area (Å²) in [5.41, 5.74) is 5.55. The van der Waals surface area contributed by atoms with Gasteiger partial charge in [-0.1, -0.05) is 55.6 Å². The number of benzene rings is 1. The monoisotopic (exact) mass is 421 g/mol. The van der Waals surface area contributed by atoms with Gasteiger partial charge in [0.15, 0.2) is 0 Å². The average molecular weight is 422 g/mol. The highest BCUT2D eigenvalue weighted by Crippen LogP contribution is 2.55. The van der Waals surface area contributed by atoms with E-state index < -0.39 is 0 Å². The van der Waals surface area contributed by atoms with Gasteiger partial charge in [-0.25, -0.2) is 0 Å². The Bertz CT molecular complexity index is 919. The second-order valence-corrected chi connectivity index (χ2v) is 9.74. The van der Waals surface area contributed by atoms with E-state index in [9.17, 15) is 10.1 Å². The average Bonchev–Trinajstić information content (AvgIpc) is 3.01. The Morgan fingerprint density at radius 1 is 1.13 bits per heavy atom. The fraction of sp³-hybridized carbons (Fsp3) is 0.520.